The maximum atomic E-state index is 16.2. The molecule has 0 aromatic heterocycles. The number of halogens is 3. The van der Waals surface area contributed by atoms with Gasteiger partial charge in [-0.15, -0.1) is 0 Å². The van der Waals surface area contributed by atoms with Crippen molar-refractivity contribution < 1.29 is 27.8 Å². The van der Waals surface area contributed by atoms with E-state index in [2.05, 4.69) is 49.3 Å². The number of anilines is 1. The van der Waals surface area contributed by atoms with E-state index in [0.717, 1.165) is 40.2 Å². The number of aromatic carboxylic acids is 1. The van der Waals surface area contributed by atoms with Crippen molar-refractivity contribution in [2.75, 3.05) is 19.0 Å². The van der Waals surface area contributed by atoms with E-state index in [1.165, 1.54) is 0 Å². The number of nitrogens with zero attached hydrogens (tertiary/aromatic N) is 2. The smallest absolute Gasteiger partial charge is 0.339 e. The summed E-state index contributed by atoms with van der Waals surface area (Å²) in [5, 5.41) is 11.4. The minimum Gasteiger partial charge on any atom is -0.478 e. The van der Waals surface area contributed by atoms with E-state index in [0.29, 0.717) is 22.3 Å². The van der Waals surface area contributed by atoms with Crippen molar-refractivity contribution >= 4 is 28.4 Å². The number of carbonyl (C=O) groups is 1. The van der Waals surface area contributed by atoms with E-state index < -0.39 is 40.1 Å². The average molecular weight is 588 g/mol. The fourth-order valence-corrected chi connectivity index (χ4v) is 6.66. The fraction of sp³-hybridized carbons (Fsp3) is 0.314. The molecule has 3 aromatic rings. The molecule has 0 saturated carbocycles. The number of carboxylic acid groups (broad SMARTS) is 1. The maximum absolute atomic E-state index is 16.2. The molecule has 5 nitrogen and oxygen atoms in total. The normalized spacial score (nSPS) is 17.7. The van der Waals surface area contributed by atoms with Crippen LogP contribution >= 0.6 is 0 Å². The van der Waals surface area contributed by atoms with Crippen molar-refractivity contribution in [2.24, 2.45) is 0 Å². The lowest BCUT2D eigenvalue weighted by molar-refractivity contribution is 0.0689. The molecule has 1 N–H and O–H groups in total. The molecule has 3 aromatic carbocycles. The van der Waals surface area contributed by atoms with E-state index in [1.54, 1.807) is 0 Å². The highest BCUT2D eigenvalue weighted by molar-refractivity contribution is 6.00. The van der Waals surface area contributed by atoms with E-state index >= 15 is 8.78 Å². The van der Waals surface area contributed by atoms with Gasteiger partial charge in [-0.1, -0.05) is 6.08 Å². The van der Waals surface area contributed by atoms with Crippen LogP contribution in [0.25, 0.3) is 16.7 Å². The van der Waals surface area contributed by atoms with Gasteiger partial charge in [0.2, 0.25) is 5.36 Å². The van der Waals surface area contributed by atoms with E-state index in [4.69, 9.17) is 4.74 Å². The van der Waals surface area contributed by atoms with Gasteiger partial charge >= 0.3 is 5.97 Å². The van der Waals surface area contributed by atoms with Crippen LogP contribution in [0.3, 0.4) is 0 Å². The second kappa shape index (κ2) is 9.09. The molecule has 43 heavy (non-hydrogen) atoms. The van der Waals surface area contributed by atoms with Crippen molar-refractivity contribution in [3.8, 4) is 11.5 Å². The number of allylic oxidation sites excluding steroid dienone is 2. The molecule has 0 aliphatic carbocycles. The van der Waals surface area contributed by atoms with Gasteiger partial charge in [0.15, 0.2) is 17.2 Å². The van der Waals surface area contributed by atoms with Crippen LogP contribution in [0.1, 0.15) is 79.7 Å². The molecule has 0 saturated heterocycles. The Kier molecular flexibility index (Phi) is 6.08. The van der Waals surface area contributed by atoms with Gasteiger partial charge in [-0.2, -0.15) is 0 Å². The van der Waals surface area contributed by atoms with Crippen LogP contribution in [0.4, 0.5) is 18.9 Å². The summed E-state index contributed by atoms with van der Waals surface area (Å²) in [6, 6.07) is 7.38. The summed E-state index contributed by atoms with van der Waals surface area (Å²) in [6.07, 6.45) is 4.23. The van der Waals surface area contributed by atoms with Crippen molar-refractivity contribution in [3.63, 3.8) is 0 Å². The maximum Gasteiger partial charge on any atom is 0.339 e. The Morgan fingerprint density at radius 3 is 2.16 bits per heavy atom. The molecule has 8 heteroatoms. The second-order valence-corrected chi connectivity index (χ2v) is 12.9. The molecule has 3 aliphatic heterocycles. The van der Waals surface area contributed by atoms with Gasteiger partial charge in [0.25, 0.3) is 0 Å². The number of hydrogen-bond acceptors (Lipinski definition) is 3. The molecule has 3 aliphatic rings. The minimum absolute atomic E-state index is 0.138. The van der Waals surface area contributed by atoms with Crippen molar-refractivity contribution in [2.45, 2.75) is 59.5 Å². The number of benzene rings is 3. The average Bonchev–Trinajstić information content (AvgIpc) is 2.92. The van der Waals surface area contributed by atoms with Crippen molar-refractivity contribution in [1.29, 1.82) is 0 Å². The lowest BCUT2D eigenvalue weighted by Gasteiger charge is -2.41. The van der Waals surface area contributed by atoms with Crippen LogP contribution in [-0.4, -0.2) is 36.2 Å². The van der Waals surface area contributed by atoms with Gasteiger partial charge in [0.05, 0.1) is 11.6 Å². The van der Waals surface area contributed by atoms with Crippen LogP contribution < -0.4 is 24.8 Å². The standard InChI is InChI=1S/C35H33F3N2O3/c1-16-14-34(4,5)39(8)23-12-25-21(10-19(16)23)27(28-29(33(41)42)32(38)31(37)18(3)30(28)36)22-11-20-17(2)15-35(6,7)40(9)24(20)13-26(22)43-25/h10-15H,1-9H3/p+1. The molecule has 0 unspecified atom stereocenters. The van der Waals surface area contributed by atoms with Crippen molar-refractivity contribution in [3.05, 3.63) is 97.8 Å². The van der Waals surface area contributed by atoms with Gasteiger partial charge in [0, 0.05) is 71.3 Å². The number of fused-ring (bicyclic) bond motifs is 4. The zero-order valence-corrected chi connectivity index (χ0v) is 25.8. The highest BCUT2D eigenvalue weighted by Crippen LogP contribution is 2.47. The van der Waals surface area contributed by atoms with Gasteiger partial charge in [-0.25, -0.2) is 22.5 Å². The Morgan fingerprint density at radius 2 is 1.51 bits per heavy atom. The Bertz CT molecular complexity index is 2020. The third kappa shape index (κ3) is 3.98. The summed E-state index contributed by atoms with van der Waals surface area (Å²) in [5.74, 6) is -5.29. The number of ether oxygens (including phenoxy) is 1. The SMILES string of the molecule is CC1=CC(C)(C)N(C)c2cc3c(cc21)C(c1c(F)c(C)c(F)c(F)c1C(=O)O)=c1cc2c(cc1O3)=[N+](C)C(C)(C)C=C2C. The third-order valence-corrected chi connectivity index (χ3v) is 9.40. The summed E-state index contributed by atoms with van der Waals surface area (Å²) in [5.41, 5.74) is 2.28. The molecule has 0 bridgehead atoms. The number of likely N-dealkylation sites (N-methyl/N-ethyl adjacent to an activating group) is 2. The quantitative estimate of drug-likeness (QED) is 0.218. The second-order valence-electron chi connectivity index (χ2n) is 12.9. The van der Waals surface area contributed by atoms with E-state index in [9.17, 15) is 14.3 Å². The first-order valence-electron chi connectivity index (χ1n) is 14.2. The molecule has 0 fully saturated rings. The highest BCUT2D eigenvalue weighted by atomic mass is 19.2. The first-order valence-corrected chi connectivity index (χ1v) is 14.2. The Hall–Kier alpha value is -4.33. The topological polar surface area (TPSA) is 52.8 Å². The first-order chi connectivity index (χ1) is 20.0. The molecule has 3 heterocycles. The first kappa shape index (κ1) is 28.8. The van der Waals surface area contributed by atoms with E-state index in [-0.39, 0.29) is 16.7 Å². The zero-order valence-electron chi connectivity index (χ0n) is 25.8. The van der Waals surface area contributed by atoms with Crippen molar-refractivity contribution in [1.82, 2.24) is 4.58 Å². The third-order valence-electron chi connectivity index (χ3n) is 9.40. The molecule has 0 radical (unpaired) electrons. The number of hydrogen-bond donors (Lipinski definition) is 1. The van der Waals surface area contributed by atoms with Crippen LogP contribution in [-0.2, 0) is 0 Å². The Morgan fingerprint density at radius 1 is 0.860 bits per heavy atom. The summed E-state index contributed by atoms with van der Waals surface area (Å²) in [6.45, 7) is 13.4. The number of rotatable bonds is 2. The Balaban J connectivity index is 1.84. The molecule has 0 amide bonds. The fourth-order valence-electron chi connectivity index (χ4n) is 6.66. The van der Waals surface area contributed by atoms with Crippen LogP contribution in [0.5, 0.6) is 11.5 Å². The van der Waals surface area contributed by atoms with E-state index in [1.807, 2.05) is 52.2 Å². The molecule has 0 spiro atoms. The zero-order chi connectivity index (χ0) is 31.5. The predicted molar refractivity (Wildman–Crippen MR) is 163 cm³/mol. The molecule has 222 valence electrons. The predicted octanol–water partition coefficient (Wildman–Crippen LogP) is 6.41. The van der Waals surface area contributed by atoms with Gasteiger partial charge < -0.3 is 14.7 Å². The lowest BCUT2D eigenvalue weighted by Crippen LogP contribution is -2.47. The molecular formula is C35H34F3N2O3+. The van der Waals surface area contributed by atoms with Crippen LogP contribution in [0, 0.1) is 24.4 Å². The number of carboxylic acids is 1. The van der Waals surface area contributed by atoms with Gasteiger partial charge in [-0.3, -0.25) is 0 Å². The molecule has 6 rings (SSSR count). The summed E-state index contributed by atoms with van der Waals surface area (Å²) >= 11 is 0. The Labute approximate surface area is 248 Å². The molecular weight excluding hydrogens is 553 g/mol. The monoisotopic (exact) mass is 587 g/mol. The molecule has 0 atom stereocenters. The summed E-state index contributed by atoms with van der Waals surface area (Å²) in [7, 11) is 3.94. The largest absolute Gasteiger partial charge is 0.478 e. The van der Waals surface area contributed by atoms with Crippen LogP contribution in [0.15, 0.2) is 36.4 Å². The summed E-state index contributed by atoms with van der Waals surface area (Å²) < 4.78 is 55.1. The lowest BCUT2D eigenvalue weighted by atomic mass is 9.83. The van der Waals surface area contributed by atoms with Gasteiger partial charge in [0.1, 0.15) is 29.9 Å². The minimum atomic E-state index is -1.77. The van der Waals surface area contributed by atoms with Crippen LogP contribution in [0.2, 0.25) is 0 Å². The highest BCUT2D eigenvalue weighted by Gasteiger charge is 2.37. The van der Waals surface area contributed by atoms with Gasteiger partial charge in [-0.05, 0) is 64.0 Å². The summed E-state index contributed by atoms with van der Waals surface area (Å²) in [4.78, 5) is 14.6.